The minimum atomic E-state index is 0.00810. The van der Waals surface area contributed by atoms with E-state index in [1.165, 1.54) is 22.6 Å². The van der Waals surface area contributed by atoms with E-state index in [4.69, 9.17) is 11.6 Å². The van der Waals surface area contributed by atoms with Gasteiger partial charge in [0.05, 0.1) is 0 Å². The fraction of sp³-hybridized carbons (Fsp3) is 0.286. The minimum Gasteiger partial charge on any atom is -0.369 e. The molecule has 0 radical (unpaired) electrons. The summed E-state index contributed by atoms with van der Waals surface area (Å²) in [5.74, 6) is 0. The molecule has 0 spiro atoms. The number of piperazine rings is 1. The van der Waals surface area contributed by atoms with E-state index < -0.39 is 0 Å². The molecular formula is C21H22ClN3OS. The molecule has 1 N–H and O–H groups in total. The third-order valence-corrected chi connectivity index (χ3v) is 6.09. The maximum Gasteiger partial charge on any atom is 0.304 e. The highest BCUT2D eigenvalue weighted by molar-refractivity contribution is 7.07. The first-order valence-electron chi connectivity index (χ1n) is 9.15. The topological polar surface area (TPSA) is 39.3 Å². The summed E-state index contributed by atoms with van der Waals surface area (Å²) >= 11 is 7.32. The molecule has 4 rings (SSSR count). The Morgan fingerprint density at radius 2 is 1.70 bits per heavy atom. The van der Waals surface area contributed by atoms with Crippen molar-refractivity contribution in [3.8, 4) is 0 Å². The van der Waals surface area contributed by atoms with Crippen molar-refractivity contribution in [3.05, 3.63) is 85.9 Å². The predicted octanol–water partition coefficient (Wildman–Crippen LogP) is 4.20. The van der Waals surface area contributed by atoms with Crippen molar-refractivity contribution in [2.75, 3.05) is 31.1 Å². The van der Waals surface area contributed by atoms with Crippen molar-refractivity contribution in [2.45, 2.75) is 12.5 Å². The Bertz CT molecular complexity index is 914. The van der Waals surface area contributed by atoms with Crippen LogP contribution in [-0.4, -0.2) is 36.1 Å². The number of benzene rings is 2. The number of H-pyrrole nitrogens is 1. The van der Waals surface area contributed by atoms with Crippen molar-refractivity contribution in [1.82, 2.24) is 9.88 Å². The van der Waals surface area contributed by atoms with Crippen LogP contribution in [0.5, 0.6) is 0 Å². The maximum absolute atomic E-state index is 11.6. The number of nitrogens with zero attached hydrogens (tertiary/aromatic N) is 2. The van der Waals surface area contributed by atoms with Gasteiger partial charge in [-0.25, -0.2) is 0 Å². The summed E-state index contributed by atoms with van der Waals surface area (Å²) in [4.78, 5) is 19.5. The monoisotopic (exact) mass is 399 g/mol. The largest absolute Gasteiger partial charge is 0.369 e. The summed E-state index contributed by atoms with van der Waals surface area (Å²) in [6.07, 6.45) is 0.797. The Balaban J connectivity index is 1.52. The molecule has 140 valence electrons. The molecule has 0 aliphatic carbocycles. The van der Waals surface area contributed by atoms with Crippen LogP contribution < -0.4 is 9.77 Å². The van der Waals surface area contributed by atoms with Crippen LogP contribution in [0.3, 0.4) is 0 Å². The summed E-state index contributed by atoms with van der Waals surface area (Å²) in [5, 5.41) is 2.68. The molecule has 2 heterocycles. The molecule has 1 atom stereocenters. The number of hydrogen-bond donors (Lipinski definition) is 1. The van der Waals surface area contributed by atoms with E-state index >= 15 is 0 Å². The highest BCUT2D eigenvalue weighted by atomic mass is 35.5. The number of nitrogens with one attached hydrogen (secondary N) is 1. The molecule has 1 aliphatic rings. The van der Waals surface area contributed by atoms with Gasteiger partial charge in [0.25, 0.3) is 0 Å². The normalized spacial score (nSPS) is 16.4. The predicted molar refractivity (Wildman–Crippen MR) is 113 cm³/mol. The average molecular weight is 400 g/mol. The fourth-order valence-electron chi connectivity index (χ4n) is 3.70. The Morgan fingerprint density at radius 3 is 2.33 bits per heavy atom. The van der Waals surface area contributed by atoms with Gasteiger partial charge in [-0.1, -0.05) is 53.3 Å². The third-order valence-electron chi connectivity index (χ3n) is 5.12. The van der Waals surface area contributed by atoms with Crippen LogP contribution >= 0.6 is 22.9 Å². The van der Waals surface area contributed by atoms with Crippen LogP contribution in [0.4, 0.5) is 5.69 Å². The lowest BCUT2D eigenvalue weighted by atomic mass is 9.99. The van der Waals surface area contributed by atoms with Gasteiger partial charge in [0.2, 0.25) is 0 Å². The minimum absolute atomic E-state index is 0.00810. The average Bonchev–Trinajstić information content (AvgIpc) is 3.13. The molecule has 4 nitrogen and oxygen atoms in total. The van der Waals surface area contributed by atoms with Crippen LogP contribution in [0.1, 0.15) is 17.3 Å². The van der Waals surface area contributed by atoms with Gasteiger partial charge in [0.15, 0.2) is 0 Å². The number of aromatic amines is 1. The molecule has 1 fully saturated rings. The van der Waals surface area contributed by atoms with E-state index in [0.29, 0.717) is 0 Å². The first-order chi connectivity index (χ1) is 13.2. The van der Waals surface area contributed by atoms with Gasteiger partial charge in [0, 0.05) is 60.4 Å². The van der Waals surface area contributed by atoms with Gasteiger partial charge in [-0.15, -0.1) is 0 Å². The van der Waals surface area contributed by atoms with E-state index in [0.717, 1.165) is 43.3 Å². The highest BCUT2D eigenvalue weighted by Crippen LogP contribution is 2.28. The molecule has 0 bridgehead atoms. The zero-order valence-corrected chi connectivity index (χ0v) is 16.5. The lowest BCUT2D eigenvalue weighted by Crippen LogP contribution is -2.48. The van der Waals surface area contributed by atoms with Gasteiger partial charge >= 0.3 is 4.87 Å². The Labute approximate surface area is 168 Å². The molecule has 1 aromatic heterocycles. The number of thiazole rings is 1. The second-order valence-corrected chi connectivity index (χ2v) is 8.08. The van der Waals surface area contributed by atoms with Crippen molar-refractivity contribution in [3.63, 3.8) is 0 Å². The van der Waals surface area contributed by atoms with Crippen molar-refractivity contribution >= 4 is 28.6 Å². The molecule has 1 unspecified atom stereocenters. The molecular weight excluding hydrogens is 378 g/mol. The Morgan fingerprint density at radius 1 is 1.00 bits per heavy atom. The van der Waals surface area contributed by atoms with Gasteiger partial charge in [0.1, 0.15) is 0 Å². The molecule has 1 aliphatic heterocycles. The van der Waals surface area contributed by atoms with Gasteiger partial charge in [-0.3, -0.25) is 9.69 Å². The van der Waals surface area contributed by atoms with Gasteiger partial charge in [-0.05, 0) is 29.8 Å². The quantitative estimate of drug-likeness (QED) is 0.699. The second-order valence-electron chi connectivity index (χ2n) is 6.80. The van der Waals surface area contributed by atoms with Crippen LogP contribution in [-0.2, 0) is 6.42 Å². The van der Waals surface area contributed by atoms with E-state index in [2.05, 4.69) is 57.2 Å². The first-order valence-corrected chi connectivity index (χ1v) is 10.4. The van der Waals surface area contributed by atoms with Crippen LogP contribution in [0, 0.1) is 0 Å². The van der Waals surface area contributed by atoms with E-state index in [9.17, 15) is 4.79 Å². The van der Waals surface area contributed by atoms with Crippen LogP contribution in [0.2, 0.25) is 5.02 Å². The van der Waals surface area contributed by atoms with Crippen molar-refractivity contribution in [1.29, 1.82) is 0 Å². The first kappa shape index (κ1) is 18.3. The van der Waals surface area contributed by atoms with Crippen molar-refractivity contribution in [2.24, 2.45) is 0 Å². The smallest absolute Gasteiger partial charge is 0.304 e. The van der Waals surface area contributed by atoms with Gasteiger partial charge in [-0.2, -0.15) is 0 Å². The molecule has 0 saturated carbocycles. The number of anilines is 1. The number of para-hydroxylation sites is 1. The van der Waals surface area contributed by atoms with Crippen molar-refractivity contribution < 1.29 is 0 Å². The lowest BCUT2D eigenvalue weighted by Gasteiger charge is -2.40. The molecule has 2 aromatic carbocycles. The third kappa shape index (κ3) is 4.43. The number of rotatable bonds is 5. The zero-order valence-electron chi connectivity index (χ0n) is 15.0. The second kappa shape index (κ2) is 8.30. The maximum atomic E-state index is 11.6. The molecule has 3 aromatic rings. The van der Waals surface area contributed by atoms with E-state index in [1.54, 1.807) is 0 Å². The van der Waals surface area contributed by atoms with E-state index in [-0.39, 0.29) is 10.9 Å². The standard InChI is InChI=1S/C21H22ClN3OS/c22-17-8-6-16(7-9-17)20(14-18-15-27-21(26)23-18)25-12-10-24(11-13-25)19-4-2-1-3-5-19/h1-9,15,20H,10-14H2,(H,23,26). The molecule has 1 saturated heterocycles. The number of hydrogen-bond acceptors (Lipinski definition) is 4. The summed E-state index contributed by atoms with van der Waals surface area (Å²) < 4.78 is 0. The van der Waals surface area contributed by atoms with Crippen LogP contribution in [0.25, 0.3) is 0 Å². The van der Waals surface area contributed by atoms with Crippen LogP contribution in [0.15, 0.2) is 64.8 Å². The summed E-state index contributed by atoms with van der Waals surface area (Å²) in [5.41, 5.74) is 3.51. The number of aromatic nitrogens is 1. The number of halogens is 1. The highest BCUT2D eigenvalue weighted by Gasteiger charge is 2.26. The Kier molecular flexibility index (Phi) is 5.62. The summed E-state index contributed by atoms with van der Waals surface area (Å²) in [7, 11) is 0. The fourth-order valence-corrected chi connectivity index (χ4v) is 4.42. The summed E-state index contributed by atoms with van der Waals surface area (Å²) in [6.45, 7) is 3.95. The zero-order chi connectivity index (χ0) is 18.6. The van der Waals surface area contributed by atoms with Gasteiger partial charge < -0.3 is 9.88 Å². The SMILES string of the molecule is O=c1[nH]c(CC(c2ccc(Cl)cc2)N2CCN(c3ccccc3)CC2)cs1. The van der Waals surface area contributed by atoms with E-state index in [1.807, 2.05) is 17.5 Å². The molecule has 27 heavy (non-hydrogen) atoms. The lowest BCUT2D eigenvalue weighted by molar-refractivity contribution is 0.183. The molecule has 6 heteroatoms. The summed E-state index contributed by atoms with van der Waals surface area (Å²) in [6, 6.07) is 18.9. The Hall–Kier alpha value is -2.08. The molecule has 0 amide bonds.